The van der Waals surface area contributed by atoms with Crippen LogP contribution >= 0.6 is 0 Å². The standard InChI is InChI=1S/C28H37NO4/c1-4-6-9-16-29-26-11-8-7-10-23(26)18-27(29)22-12-14-25(15-13-22)32-19-24(30)20-33-28(31)17-21(3)5-2/h7-8,10-15,18,21,24,30H,4-6,9,16-17,19-20H2,1-3H3. The Balaban J connectivity index is 1.59. The van der Waals surface area contributed by atoms with Gasteiger partial charge in [0.1, 0.15) is 25.1 Å². The van der Waals surface area contributed by atoms with Gasteiger partial charge >= 0.3 is 5.97 Å². The van der Waals surface area contributed by atoms with Crippen LogP contribution in [0.2, 0.25) is 0 Å². The van der Waals surface area contributed by atoms with Crippen LogP contribution in [0.1, 0.15) is 52.9 Å². The maximum atomic E-state index is 11.8. The molecular weight excluding hydrogens is 414 g/mol. The molecule has 0 aliphatic carbocycles. The van der Waals surface area contributed by atoms with Gasteiger partial charge in [-0.2, -0.15) is 0 Å². The van der Waals surface area contributed by atoms with Crippen LogP contribution in [0.15, 0.2) is 54.6 Å². The number of hydrogen-bond acceptors (Lipinski definition) is 4. The zero-order chi connectivity index (χ0) is 23.6. The molecule has 0 saturated heterocycles. The van der Waals surface area contributed by atoms with E-state index in [-0.39, 0.29) is 25.1 Å². The van der Waals surface area contributed by atoms with Gasteiger partial charge in [-0.15, -0.1) is 0 Å². The third-order valence-corrected chi connectivity index (χ3v) is 6.04. The third kappa shape index (κ3) is 7.10. The highest BCUT2D eigenvalue weighted by Crippen LogP contribution is 2.30. The average Bonchev–Trinajstić information content (AvgIpc) is 3.20. The van der Waals surface area contributed by atoms with Gasteiger partial charge in [0.2, 0.25) is 0 Å². The molecule has 1 N–H and O–H groups in total. The molecule has 0 saturated carbocycles. The maximum absolute atomic E-state index is 11.8. The summed E-state index contributed by atoms with van der Waals surface area (Å²) < 4.78 is 13.3. The number of hydrogen-bond donors (Lipinski definition) is 1. The van der Waals surface area contributed by atoms with E-state index in [0.29, 0.717) is 12.2 Å². The van der Waals surface area contributed by atoms with Crippen molar-refractivity contribution in [2.45, 2.75) is 65.5 Å². The summed E-state index contributed by atoms with van der Waals surface area (Å²) in [4.78, 5) is 11.8. The SMILES string of the molecule is CCCCCn1c(-c2ccc(OCC(O)COC(=O)CC(C)CC)cc2)cc2ccccc21. The van der Waals surface area contributed by atoms with Crippen molar-refractivity contribution in [3.63, 3.8) is 0 Å². The van der Waals surface area contributed by atoms with E-state index >= 15 is 0 Å². The van der Waals surface area contributed by atoms with E-state index in [9.17, 15) is 9.90 Å². The van der Waals surface area contributed by atoms with Gasteiger partial charge in [-0.1, -0.05) is 58.2 Å². The Hall–Kier alpha value is -2.79. The third-order valence-electron chi connectivity index (χ3n) is 6.04. The molecule has 0 radical (unpaired) electrons. The lowest BCUT2D eigenvalue weighted by Gasteiger charge is -2.14. The lowest BCUT2D eigenvalue weighted by molar-refractivity contribution is -0.148. The van der Waals surface area contributed by atoms with Gasteiger partial charge in [0.05, 0.1) is 0 Å². The fourth-order valence-electron chi connectivity index (χ4n) is 3.85. The van der Waals surface area contributed by atoms with Crippen molar-refractivity contribution in [1.82, 2.24) is 4.57 Å². The van der Waals surface area contributed by atoms with Crippen LogP contribution in [0, 0.1) is 5.92 Å². The van der Waals surface area contributed by atoms with E-state index in [2.05, 4.69) is 54.0 Å². The topological polar surface area (TPSA) is 60.7 Å². The molecule has 0 aliphatic heterocycles. The highest BCUT2D eigenvalue weighted by Gasteiger charge is 2.13. The predicted octanol–water partition coefficient (Wildman–Crippen LogP) is 6.22. The van der Waals surface area contributed by atoms with Crippen molar-refractivity contribution in [3.05, 3.63) is 54.6 Å². The average molecular weight is 452 g/mol. The molecule has 0 amide bonds. The molecule has 3 aromatic rings. The van der Waals surface area contributed by atoms with Crippen LogP contribution in [0.4, 0.5) is 0 Å². The van der Waals surface area contributed by atoms with E-state index < -0.39 is 6.10 Å². The van der Waals surface area contributed by atoms with Gasteiger partial charge in [0.25, 0.3) is 0 Å². The number of aliphatic hydroxyl groups is 1. The Bertz CT molecular complexity index is 1010. The molecule has 1 heterocycles. The molecular formula is C28H37NO4. The summed E-state index contributed by atoms with van der Waals surface area (Å²) in [6.07, 6.45) is 4.02. The van der Waals surface area contributed by atoms with Crippen molar-refractivity contribution in [1.29, 1.82) is 0 Å². The number of ether oxygens (including phenoxy) is 2. The molecule has 0 spiro atoms. The molecule has 0 aliphatic rings. The molecule has 0 fully saturated rings. The zero-order valence-corrected chi connectivity index (χ0v) is 20.1. The first-order valence-corrected chi connectivity index (χ1v) is 12.2. The summed E-state index contributed by atoms with van der Waals surface area (Å²) >= 11 is 0. The number of carbonyl (C=O) groups excluding carboxylic acids is 1. The second kappa shape index (κ2) is 12.4. The normalized spacial score (nSPS) is 13.1. The van der Waals surface area contributed by atoms with Crippen LogP contribution < -0.4 is 4.74 Å². The van der Waals surface area contributed by atoms with E-state index in [1.807, 2.05) is 26.0 Å². The molecule has 3 rings (SSSR count). The van der Waals surface area contributed by atoms with Crippen molar-refractivity contribution in [3.8, 4) is 17.0 Å². The number of carbonyl (C=O) groups is 1. The molecule has 178 valence electrons. The van der Waals surface area contributed by atoms with E-state index in [4.69, 9.17) is 9.47 Å². The van der Waals surface area contributed by atoms with Gasteiger partial charge in [0, 0.05) is 29.6 Å². The number of aliphatic hydroxyl groups excluding tert-OH is 1. The largest absolute Gasteiger partial charge is 0.491 e. The minimum absolute atomic E-state index is 0.0504. The molecule has 33 heavy (non-hydrogen) atoms. The minimum Gasteiger partial charge on any atom is -0.491 e. The van der Waals surface area contributed by atoms with Crippen molar-refractivity contribution >= 4 is 16.9 Å². The lowest BCUT2D eigenvalue weighted by atomic mass is 10.1. The van der Waals surface area contributed by atoms with Crippen LogP contribution in [0.25, 0.3) is 22.2 Å². The second-order valence-electron chi connectivity index (χ2n) is 8.84. The van der Waals surface area contributed by atoms with Gasteiger partial charge in [-0.3, -0.25) is 4.79 Å². The molecule has 1 aromatic heterocycles. The number of unbranched alkanes of at least 4 members (excludes halogenated alkanes) is 2. The summed E-state index contributed by atoms with van der Waals surface area (Å²) in [5, 5.41) is 11.3. The van der Waals surface area contributed by atoms with Crippen LogP contribution in [0.3, 0.4) is 0 Å². The Morgan fingerprint density at radius 3 is 2.52 bits per heavy atom. The van der Waals surface area contributed by atoms with Gasteiger partial charge in [0.15, 0.2) is 0 Å². The first-order valence-electron chi connectivity index (χ1n) is 12.2. The first-order chi connectivity index (χ1) is 16.0. The summed E-state index contributed by atoms with van der Waals surface area (Å²) in [7, 11) is 0. The number of nitrogens with zero attached hydrogens (tertiary/aromatic N) is 1. The monoisotopic (exact) mass is 451 g/mol. The molecule has 5 heteroatoms. The maximum Gasteiger partial charge on any atom is 0.306 e. The fourth-order valence-corrected chi connectivity index (χ4v) is 3.85. The number of esters is 1. The lowest BCUT2D eigenvalue weighted by Crippen LogP contribution is -2.25. The molecule has 5 nitrogen and oxygen atoms in total. The van der Waals surface area contributed by atoms with Crippen molar-refractivity contribution < 1.29 is 19.4 Å². The summed E-state index contributed by atoms with van der Waals surface area (Å²) in [5.41, 5.74) is 3.59. The van der Waals surface area contributed by atoms with Gasteiger partial charge in [-0.25, -0.2) is 0 Å². The van der Waals surface area contributed by atoms with Crippen molar-refractivity contribution in [2.75, 3.05) is 13.2 Å². The number of para-hydroxylation sites is 1. The van der Waals surface area contributed by atoms with Gasteiger partial charge < -0.3 is 19.1 Å². The highest BCUT2D eigenvalue weighted by molar-refractivity contribution is 5.87. The minimum atomic E-state index is -0.855. The quantitative estimate of drug-likeness (QED) is 0.248. The zero-order valence-electron chi connectivity index (χ0n) is 20.1. The Morgan fingerprint density at radius 1 is 1.03 bits per heavy atom. The Morgan fingerprint density at radius 2 is 1.79 bits per heavy atom. The number of aromatic nitrogens is 1. The fraction of sp³-hybridized carbons (Fsp3) is 0.464. The predicted molar refractivity (Wildman–Crippen MR) is 133 cm³/mol. The number of benzene rings is 2. The number of rotatable bonds is 13. The summed E-state index contributed by atoms with van der Waals surface area (Å²) in [5.74, 6) is 0.689. The molecule has 0 bridgehead atoms. The Kier molecular flexibility index (Phi) is 9.37. The van der Waals surface area contributed by atoms with Gasteiger partial charge in [-0.05, 0) is 54.3 Å². The Labute approximate surface area is 197 Å². The van der Waals surface area contributed by atoms with Crippen LogP contribution in [-0.2, 0) is 16.1 Å². The smallest absolute Gasteiger partial charge is 0.306 e. The molecule has 2 unspecified atom stereocenters. The van der Waals surface area contributed by atoms with E-state index in [0.717, 1.165) is 24.9 Å². The summed E-state index contributed by atoms with van der Waals surface area (Å²) in [6.45, 7) is 7.30. The second-order valence-corrected chi connectivity index (χ2v) is 8.84. The van der Waals surface area contributed by atoms with Crippen LogP contribution in [-0.4, -0.2) is 35.0 Å². The summed E-state index contributed by atoms with van der Waals surface area (Å²) in [6, 6.07) is 18.7. The van der Waals surface area contributed by atoms with E-state index in [1.165, 1.54) is 29.4 Å². The van der Waals surface area contributed by atoms with Crippen LogP contribution in [0.5, 0.6) is 5.75 Å². The van der Waals surface area contributed by atoms with E-state index in [1.54, 1.807) is 0 Å². The highest BCUT2D eigenvalue weighted by atomic mass is 16.5. The van der Waals surface area contributed by atoms with Crippen molar-refractivity contribution in [2.24, 2.45) is 5.92 Å². The first kappa shape index (κ1) is 24.8. The molecule has 2 aromatic carbocycles. The number of fused-ring (bicyclic) bond motifs is 1. The number of aryl methyl sites for hydroxylation is 1. The molecule has 2 atom stereocenters.